The summed E-state index contributed by atoms with van der Waals surface area (Å²) in [5.41, 5.74) is -0.202. The van der Waals surface area contributed by atoms with Gasteiger partial charge in [0.1, 0.15) is 17.5 Å². The molecule has 5 nitrogen and oxygen atoms in total. The third-order valence-corrected chi connectivity index (χ3v) is 7.17. The van der Waals surface area contributed by atoms with Crippen LogP contribution in [0.25, 0.3) is 10.9 Å². The second-order valence-corrected chi connectivity index (χ2v) is 9.19. The number of aromatic nitrogens is 3. The first-order valence-electron chi connectivity index (χ1n) is 11.0. The number of anilines is 1. The minimum Gasteiger partial charge on any atom is -0.363 e. The Kier molecular flexibility index (Phi) is 4.98. The lowest BCUT2D eigenvalue weighted by molar-refractivity contribution is 0.146. The van der Waals surface area contributed by atoms with Gasteiger partial charge in [0.25, 0.3) is 12.0 Å². The number of nitrogens with one attached hydrogen (secondary N) is 1. The van der Waals surface area contributed by atoms with Crippen molar-refractivity contribution in [3.63, 3.8) is 0 Å². The van der Waals surface area contributed by atoms with Gasteiger partial charge in [0.15, 0.2) is 0 Å². The maximum absolute atomic E-state index is 14.7. The second kappa shape index (κ2) is 7.60. The Morgan fingerprint density at radius 3 is 2.56 bits per heavy atom. The molecule has 2 aliphatic carbocycles. The zero-order chi connectivity index (χ0) is 22.6. The molecule has 2 fully saturated rings. The predicted octanol–water partition coefficient (Wildman–Crippen LogP) is 5.64. The highest BCUT2D eigenvalue weighted by Crippen LogP contribution is 2.52. The minimum atomic E-state index is -2.89. The van der Waals surface area contributed by atoms with Crippen molar-refractivity contribution in [2.75, 3.05) is 5.32 Å². The summed E-state index contributed by atoms with van der Waals surface area (Å²) in [6.07, 6.45) is 4.19. The molecule has 1 N–H and O–H groups in total. The summed E-state index contributed by atoms with van der Waals surface area (Å²) >= 11 is 0. The van der Waals surface area contributed by atoms with E-state index in [4.69, 9.17) is 0 Å². The Morgan fingerprint density at radius 1 is 1.19 bits per heavy atom. The molecule has 2 aromatic heterocycles. The molecule has 3 aromatic rings. The third kappa shape index (κ3) is 3.36. The molecule has 1 aromatic carbocycles. The van der Waals surface area contributed by atoms with Crippen molar-refractivity contribution in [3.8, 4) is 0 Å². The average Bonchev–Trinajstić information content (AvgIpc) is 3.35. The van der Waals surface area contributed by atoms with Gasteiger partial charge >= 0.3 is 0 Å². The molecule has 0 saturated heterocycles. The lowest BCUT2D eigenvalue weighted by atomic mass is 9.93. The average molecular weight is 442 g/mol. The van der Waals surface area contributed by atoms with Crippen molar-refractivity contribution < 1.29 is 13.2 Å². The number of nitrogens with zero attached hydrogens (tertiary/aromatic N) is 3. The Hall–Kier alpha value is -2.90. The SMILES string of the molecule is Cc1nc(N[C@H](C)c2cccc(C(F)F)c2F)c2cn([C@]34CC[C@H](CC3)C4)c(=O)cc2n1. The van der Waals surface area contributed by atoms with Crippen LogP contribution in [0.3, 0.4) is 0 Å². The van der Waals surface area contributed by atoms with Crippen LogP contribution < -0.4 is 10.9 Å². The highest BCUT2D eigenvalue weighted by Gasteiger charge is 2.46. The van der Waals surface area contributed by atoms with Crippen molar-refractivity contribution in [2.45, 2.75) is 64.0 Å². The fourth-order valence-electron chi connectivity index (χ4n) is 5.55. The van der Waals surface area contributed by atoms with E-state index in [9.17, 15) is 18.0 Å². The first-order chi connectivity index (χ1) is 15.3. The Morgan fingerprint density at radius 2 is 1.91 bits per heavy atom. The highest BCUT2D eigenvalue weighted by atomic mass is 19.3. The molecule has 0 radical (unpaired) electrons. The molecule has 8 heteroatoms. The van der Waals surface area contributed by atoms with Crippen LogP contribution in [-0.2, 0) is 5.54 Å². The van der Waals surface area contributed by atoms with Crippen LogP contribution in [0.1, 0.15) is 68.4 Å². The summed E-state index contributed by atoms with van der Waals surface area (Å²) < 4.78 is 42.8. The van der Waals surface area contributed by atoms with Gasteiger partial charge < -0.3 is 9.88 Å². The van der Waals surface area contributed by atoms with Gasteiger partial charge in [0, 0.05) is 23.4 Å². The minimum absolute atomic E-state index is 0.0761. The topological polar surface area (TPSA) is 59.8 Å². The summed E-state index contributed by atoms with van der Waals surface area (Å²) in [5, 5.41) is 3.84. The van der Waals surface area contributed by atoms with E-state index in [1.165, 1.54) is 18.2 Å². The molecule has 5 rings (SSSR count). The third-order valence-electron chi connectivity index (χ3n) is 7.17. The van der Waals surface area contributed by atoms with Gasteiger partial charge in [-0.25, -0.2) is 23.1 Å². The van der Waals surface area contributed by atoms with Crippen LogP contribution in [0, 0.1) is 18.7 Å². The van der Waals surface area contributed by atoms with Crippen LogP contribution in [-0.4, -0.2) is 14.5 Å². The number of alkyl halides is 2. The Labute approximate surface area is 183 Å². The van der Waals surface area contributed by atoms with Crippen molar-refractivity contribution in [1.29, 1.82) is 0 Å². The maximum atomic E-state index is 14.7. The first-order valence-corrected chi connectivity index (χ1v) is 11.0. The molecular weight excluding hydrogens is 417 g/mol. The molecule has 0 amide bonds. The predicted molar refractivity (Wildman–Crippen MR) is 116 cm³/mol. The van der Waals surface area contributed by atoms with Crippen LogP contribution in [0.4, 0.5) is 19.0 Å². The number of benzene rings is 1. The smallest absolute Gasteiger partial charge is 0.266 e. The van der Waals surface area contributed by atoms with E-state index in [-0.39, 0.29) is 16.7 Å². The fourth-order valence-corrected chi connectivity index (χ4v) is 5.55. The molecule has 2 bridgehead atoms. The summed E-state index contributed by atoms with van der Waals surface area (Å²) in [5.74, 6) is 0.677. The fraction of sp³-hybridized carbons (Fsp3) is 0.458. The van der Waals surface area contributed by atoms with Gasteiger partial charge in [0.05, 0.1) is 22.5 Å². The molecule has 168 valence electrons. The number of pyridine rings is 1. The van der Waals surface area contributed by atoms with Gasteiger partial charge in [0.2, 0.25) is 0 Å². The van der Waals surface area contributed by atoms with Crippen LogP contribution in [0.5, 0.6) is 0 Å². The number of hydrogen-bond acceptors (Lipinski definition) is 4. The van der Waals surface area contributed by atoms with Crippen LogP contribution >= 0.6 is 0 Å². The molecule has 1 atom stereocenters. The molecule has 0 aliphatic heterocycles. The maximum Gasteiger partial charge on any atom is 0.266 e. The lowest BCUT2D eigenvalue weighted by Crippen LogP contribution is -2.37. The van der Waals surface area contributed by atoms with E-state index in [0.29, 0.717) is 28.5 Å². The molecule has 2 aliphatic rings. The van der Waals surface area contributed by atoms with Crippen molar-refractivity contribution in [3.05, 3.63) is 63.6 Å². The number of halogens is 3. The first kappa shape index (κ1) is 21.0. The molecular formula is C24H25F3N4O. The number of rotatable bonds is 5. The van der Waals surface area contributed by atoms with E-state index in [2.05, 4.69) is 15.3 Å². The van der Waals surface area contributed by atoms with Crippen LogP contribution in [0.2, 0.25) is 0 Å². The van der Waals surface area contributed by atoms with E-state index in [1.807, 2.05) is 10.8 Å². The number of hydrogen-bond donors (Lipinski definition) is 1. The van der Waals surface area contributed by atoms with E-state index >= 15 is 0 Å². The number of aryl methyl sites for hydroxylation is 1. The van der Waals surface area contributed by atoms with Crippen molar-refractivity contribution in [1.82, 2.24) is 14.5 Å². The standard InChI is InChI=1S/C24H25F3N4O/c1-13(16-4-3-5-17(21(16)25)22(26)27)28-23-18-12-31(24-8-6-15(11-24)7-9-24)20(32)10-19(18)29-14(2)30-23/h3-5,10,12-13,15,22H,6-9,11H2,1-2H3,(H,28,29,30)/t13-,15-,24-/m1/s1. The van der Waals surface area contributed by atoms with E-state index in [0.717, 1.165) is 38.2 Å². The summed E-state index contributed by atoms with van der Waals surface area (Å²) in [6.45, 7) is 3.42. The molecule has 2 heterocycles. The second-order valence-electron chi connectivity index (χ2n) is 9.19. The monoisotopic (exact) mass is 442 g/mol. The highest BCUT2D eigenvalue weighted by molar-refractivity contribution is 5.88. The quantitative estimate of drug-likeness (QED) is 0.556. The molecule has 2 saturated carbocycles. The summed E-state index contributed by atoms with van der Waals surface area (Å²) in [7, 11) is 0. The zero-order valence-corrected chi connectivity index (χ0v) is 18.0. The van der Waals surface area contributed by atoms with Gasteiger partial charge in [-0.05, 0) is 51.9 Å². The normalized spacial score (nSPS) is 23.2. The zero-order valence-electron chi connectivity index (χ0n) is 18.0. The molecule has 32 heavy (non-hydrogen) atoms. The Balaban J connectivity index is 1.58. The van der Waals surface area contributed by atoms with E-state index < -0.39 is 23.8 Å². The van der Waals surface area contributed by atoms with E-state index in [1.54, 1.807) is 13.8 Å². The molecule has 0 spiro atoms. The lowest BCUT2D eigenvalue weighted by Gasteiger charge is -2.30. The van der Waals surface area contributed by atoms with Crippen molar-refractivity contribution >= 4 is 16.7 Å². The summed E-state index contributed by atoms with van der Waals surface area (Å²) in [4.78, 5) is 21.9. The van der Waals surface area contributed by atoms with Crippen LogP contribution in [0.15, 0.2) is 35.3 Å². The van der Waals surface area contributed by atoms with Gasteiger partial charge in [-0.15, -0.1) is 0 Å². The number of fused-ring (bicyclic) bond motifs is 3. The molecule has 0 unspecified atom stereocenters. The van der Waals surface area contributed by atoms with Gasteiger partial charge in [-0.1, -0.05) is 18.2 Å². The Bertz CT molecular complexity index is 1250. The van der Waals surface area contributed by atoms with Crippen molar-refractivity contribution in [2.24, 2.45) is 5.92 Å². The van der Waals surface area contributed by atoms with Gasteiger partial charge in [-0.2, -0.15) is 0 Å². The largest absolute Gasteiger partial charge is 0.363 e. The summed E-state index contributed by atoms with van der Waals surface area (Å²) in [6, 6.07) is 4.93. The van der Waals surface area contributed by atoms with Gasteiger partial charge in [-0.3, -0.25) is 4.79 Å².